The molecule has 3 aromatic rings. The van der Waals surface area contributed by atoms with Crippen molar-refractivity contribution in [3.63, 3.8) is 0 Å². The molecular formula is C23H35N5. The fourth-order valence-corrected chi connectivity index (χ4v) is 2.52. The monoisotopic (exact) mass is 381 g/mol. The van der Waals surface area contributed by atoms with Gasteiger partial charge in [-0.25, -0.2) is 0 Å². The number of rotatable bonds is 0. The van der Waals surface area contributed by atoms with E-state index >= 15 is 0 Å². The lowest BCUT2D eigenvalue weighted by Crippen LogP contribution is -2.17. The molecule has 0 saturated carbocycles. The van der Waals surface area contributed by atoms with Crippen molar-refractivity contribution in [3.8, 4) is 0 Å². The highest BCUT2D eigenvalue weighted by Gasteiger charge is 2.04. The summed E-state index contributed by atoms with van der Waals surface area (Å²) in [5, 5.41) is 2.68. The summed E-state index contributed by atoms with van der Waals surface area (Å²) in [6.07, 6.45) is 0. The number of benzene rings is 2. The lowest BCUT2D eigenvalue weighted by atomic mass is 10.2. The summed E-state index contributed by atoms with van der Waals surface area (Å²) in [6, 6.07) is 17.0. The summed E-state index contributed by atoms with van der Waals surface area (Å²) < 4.78 is 2.24. The molecule has 0 spiro atoms. The molecule has 1 aromatic heterocycles. The molecule has 5 nitrogen and oxygen atoms in total. The second-order valence-electron chi connectivity index (χ2n) is 6.92. The third kappa shape index (κ3) is 6.12. The minimum atomic E-state index is 1.06. The van der Waals surface area contributed by atoms with Crippen LogP contribution in [-0.2, 0) is 7.05 Å². The van der Waals surface area contributed by atoms with Crippen LogP contribution in [0.5, 0.6) is 0 Å². The van der Waals surface area contributed by atoms with Gasteiger partial charge in [0, 0.05) is 71.1 Å². The van der Waals surface area contributed by atoms with E-state index in [4.69, 9.17) is 0 Å². The van der Waals surface area contributed by atoms with Crippen molar-refractivity contribution in [1.29, 1.82) is 0 Å². The Labute approximate surface area is 170 Å². The van der Waals surface area contributed by atoms with Gasteiger partial charge in [0.05, 0.1) is 11.7 Å². The number of hydrogen-bond donors (Lipinski definition) is 0. The Kier molecular flexibility index (Phi) is 9.22. The summed E-state index contributed by atoms with van der Waals surface area (Å²) in [5.74, 6) is 2.11. The first kappa shape index (κ1) is 23.2. The molecule has 5 heteroatoms. The second-order valence-corrected chi connectivity index (χ2v) is 6.92. The average Bonchev–Trinajstić information content (AvgIpc) is 3.00. The van der Waals surface area contributed by atoms with E-state index in [1.54, 1.807) is 14.1 Å². The molecule has 0 N–H and O–H groups in total. The maximum Gasteiger partial charge on any atom is 0.0948 e. The van der Waals surface area contributed by atoms with Gasteiger partial charge in [0.15, 0.2) is 0 Å². The van der Waals surface area contributed by atoms with Gasteiger partial charge in [-0.3, -0.25) is 9.98 Å². The Hall–Kier alpha value is -2.82. The Bertz CT molecular complexity index is 857. The number of hydrogen-bond acceptors (Lipinski definition) is 2. The molecule has 0 radical (unpaired) electrons. The van der Waals surface area contributed by atoms with Gasteiger partial charge in [-0.15, -0.1) is 0 Å². The Morgan fingerprint density at radius 1 is 0.679 bits per heavy atom. The van der Waals surface area contributed by atoms with Crippen molar-refractivity contribution < 1.29 is 0 Å². The number of para-hydroxylation sites is 2. The summed E-state index contributed by atoms with van der Waals surface area (Å²) in [7, 11) is 13.6. The van der Waals surface area contributed by atoms with E-state index in [1.165, 1.54) is 21.8 Å². The minimum absolute atomic E-state index is 1.06. The first-order valence-electron chi connectivity index (χ1n) is 9.38. The second kappa shape index (κ2) is 11.1. The Morgan fingerprint density at radius 2 is 1.00 bits per heavy atom. The van der Waals surface area contributed by atoms with Crippen molar-refractivity contribution >= 4 is 33.5 Å². The zero-order valence-corrected chi connectivity index (χ0v) is 18.9. The van der Waals surface area contributed by atoms with E-state index < -0.39 is 0 Å². The average molecular weight is 382 g/mol. The van der Waals surface area contributed by atoms with Crippen LogP contribution in [0.25, 0.3) is 21.8 Å². The summed E-state index contributed by atoms with van der Waals surface area (Å²) >= 11 is 0. The molecule has 0 unspecified atom stereocenters. The van der Waals surface area contributed by atoms with Gasteiger partial charge in [-0.2, -0.15) is 0 Å². The maximum absolute atomic E-state index is 3.93. The van der Waals surface area contributed by atoms with Crippen LogP contribution in [0.4, 0.5) is 0 Å². The molecule has 0 atom stereocenters. The predicted molar refractivity (Wildman–Crippen MR) is 126 cm³/mol. The van der Waals surface area contributed by atoms with Crippen LogP contribution in [0.2, 0.25) is 0 Å². The van der Waals surface area contributed by atoms with E-state index in [-0.39, 0.29) is 0 Å². The predicted octanol–water partition coefficient (Wildman–Crippen LogP) is 4.52. The number of aliphatic imine (C=N–C) groups is 2. The first-order chi connectivity index (χ1) is 13.2. The van der Waals surface area contributed by atoms with Gasteiger partial charge >= 0.3 is 0 Å². The molecule has 0 aliphatic rings. The third-order valence-corrected chi connectivity index (χ3v) is 4.76. The smallest absolute Gasteiger partial charge is 0.0948 e. The highest BCUT2D eigenvalue weighted by atomic mass is 15.1. The number of aromatic nitrogens is 1. The minimum Gasteiger partial charge on any atom is -0.367 e. The van der Waals surface area contributed by atoms with Gasteiger partial charge in [-0.05, 0) is 26.0 Å². The molecule has 28 heavy (non-hydrogen) atoms. The number of fused-ring (bicyclic) bond motifs is 3. The fraction of sp³-hybridized carbons (Fsp3) is 0.391. The molecule has 0 aliphatic heterocycles. The molecule has 0 bridgehead atoms. The molecule has 152 valence electrons. The van der Waals surface area contributed by atoms with Crippen molar-refractivity contribution in [2.45, 2.75) is 13.8 Å². The zero-order valence-electron chi connectivity index (χ0n) is 18.9. The number of amidine groups is 2. The van der Waals surface area contributed by atoms with Crippen molar-refractivity contribution in [3.05, 3.63) is 48.5 Å². The van der Waals surface area contributed by atoms with Crippen LogP contribution in [-0.4, -0.2) is 68.3 Å². The van der Waals surface area contributed by atoms with Crippen molar-refractivity contribution in [2.75, 3.05) is 42.3 Å². The van der Waals surface area contributed by atoms with Crippen LogP contribution in [0.3, 0.4) is 0 Å². The van der Waals surface area contributed by atoms with Crippen molar-refractivity contribution in [2.24, 2.45) is 17.0 Å². The highest BCUT2D eigenvalue weighted by Crippen LogP contribution is 2.26. The van der Waals surface area contributed by atoms with Crippen LogP contribution < -0.4 is 0 Å². The van der Waals surface area contributed by atoms with Crippen LogP contribution >= 0.6 is 0 Å². The molecule has 2 aromatic carbocycles. The van der Waals surface area contributed by atoms with Crippen LogP contribution in [0.15, 0.2) is 58.5 Å². The van der Waals surface area contributed by atoms with Crippen LogP contribution in [0, 0.1) is 0 Å². The summed E-state index contributed by atoms with van der Waals surface area (Å²) in [5.41, 5.74) is 2.60. The summed E-state index contributed by atoms with van der Waals surface area (Å²) in [6.45, 7) is 3.94. The first-order valence-corrected chi connectivity index (χ1v) is 9.38. The van der Waals surface area contributed by atoms with Gasteiger partial charge < -0.3 is 14.4 Å². The van der Waals surface area contributed by atoms with Gasteiger partial charge in [-0.1, -0.05) is 36.4 Å². The normalized spacial score (nSPS) is 11.5. The number of aryl methyl sites for hydroxylation is 1. The van der Waals surface area contributed by atoms with E-state index in [0.717, 1.165) is 11.7 Å². The van der Waals surface area contributed by atoms with E-state index in [0.29, 0.717) is 0 Å². The molecule has 3 rings (SSSR count). The molecule has 1 heterocycles. The molecule has 0 fully saturated rings. The molecule has 0 saturated heterocycles. The van der Waals surface area contributed by atoms with Gasteiger partial charge in [0.2, 0.25) is 0 Å². The van der Waals surface area contributed by atoms with Crippen molar-refractivity contribution in [1.82, 2.24) is 14.4 Å². The largest absolute Gasteiger partial charge is 0.367 e. The van der Waals surface area contributed by atoms with E-state index in [9.17, 15) is 0 Å². The van der Waals surface area contributed by atoms with E-state index in [2.05, 4.69) is 70.1 Å². The van der Waals surface area contributed by atoms with Crippen LogP contribution in [0.1, 0.15) is 13.8 Å². The SMILES string of the molecule is CN=C(C)N(C)C.CN=C(C)N(C)C.Cn1c2ccccc2c2ccccc21. The molecule has 0 aliphatic carbocycles. The van der Waals surface area contributed by atoms with Gasteiger partial charge in [0.1, 0.15) is 0 Å². The topological polar surface area (TPSA) is 36.1 Å². The third-order valence-electron chi connectivity index (χ3n) is 4.76. The maximum atomic E-state index is 3.93. The molecular weight excluding hydrogens is 346 g/mol. The van der Waals surface area contributed by atoms with E-state index in [1.807, 2.05) is 51.8 Å². The summed E-state index contributed by atoms with van der Waals surface area (Å²) in [4.78, 5) is 11.8. The highest BCUT2D eigenvalue weighted by molar-refractivity contribution is 6.07. The quantitative estimate of drug-likeness (QED) is 0.424. The number of nitrogens with zero attached hydrogens (tertiary/aromatic N) is 5. The lowest BCUT2D eigenvalue weighted by Gasteiger charge is -2.08. The van der Waals surface area contributed by atoms with Gasteiger partial charge in [0.25, 0.3) is 0 Å². The fourth-order valence-electron chi connectivity index (χ4n) is 2.52. The molecule has 0 amide bonds. The Morgan fingerprint density at radius 3 is 1.25 bits per heavy atom. The standard InChI is InChI=1S/C13H11N.2C5H12N2/c1-14-12-8-4-2-6-10(12)11-7-3-5-9-13(11)14;2*1-5(6-2)7(3)4/h2-9H,1H3;2*1-4H3. The lowest BCUT2D eigenvalue weighted by molar-refractivity contribution is 0.617. The Balaban J connectivity index is 0.000000240. The zero-order chi connectivity index (χ0) is 21.3.